The third kappa shape index (κ3) is 4.00. The third-order valence-corrected chi connectivity index (χ3v) is 3.50. The van der Waals surface area contributed by atoms with Gasteiger partial charge in [0, 0.05) is 40.9 Å². The van der Waals surface area contributed by atoms with Gasteiger partial charge in [0.25, 0.3) is 11.5 Å². The van der Waals surface area contributed by atoms with Crippen molar-refractivity contribution < 1.29 is 34.6 Å². The molecule has 0 aliphatic carbocycles. The minimum absolute atomic E-state index is 0.222. The molecule has 2 aromatic heterocycles. The zero-order chi connectivity index (χ0) is 35.5. The summed E-state index contributed by atoms with van der Waals surface area (Å²) in [5, 5.41) is 15.3. The number of hydrogen-bond donors (Lipinski definition) is 3. The molecule has 27 heavy (non-hydrogen) atoms. The second-order valence-electron chi connectivity index (χ2n) is 5.43. The fraction of sp³-hybridized carbons (Fsp3) is 0.632. The molecular formula is C19H29N5O3. The predicted octanol–water partition coefficient (Wildman–Crippen LogP) is 1.86. The highest BCUT2D eigenvalue weighted by Crippen LogP contribution is 2.26. The number of amides is 1. The summed E-state index contributed by atoms with van der Waals surface area (Å²) in [4.78, 5) is 26.3. The largest absolute Gasteiger partial charge is 0.506 e. The number of hydrogen-bond acceptors (Lipinski definition) is 5. The first-order valence-corrected chi connectivity index (χ1v) is 7.65. The average Bonchev–Trinajstić information content (AvgIpc) is 3.29. The Hall–Kier alpha value is -2.35. The number of piperidine rings is 1. The van der Waals surface area contributed by atoms with Gasteiger partial charge < -0.3 is 15.3 Å². The van der Waals surface area contributed by atoms with Crippen LogP contribution in [0, 0.1) is 5.89 Å². The number of carbonyl (C=O) groups excluding carboxylic acids is 1. The number of aromatic hydroxyl groups is 1. The van der Waals surface area contributed by atoms with Gasteiger partial charge in [-0.2, -0.15) is 5.10 Å². The molecular weight excluding hydrogens is 346 g/mol. The lowest BCUT2D eigenvalue weighted by molar-refractivity contribution is 0.0945. The van der Waals surface area contributed by atoms with Gasteiger partial charge in [-0.1, -0.05) is 6.92 Å². The first kappa shape index (κ1) is 6.92. The van der Waals surface area contributed by atoms with Crippen LogP contribution in [0.2, 0.25) is 1.41 Å². The van der Waals surface area contributed by atoms with Crippen LogP contribution in [0.3, 0.4) is 0 Å². The number of aromatic nitrogens is 3. The van der Waals surface area contributed by atoms with E-state index >= 15 is 0 Å². The van der Waals surface area contributed by atoms with Gasteiger partial charge in [0.05, 0.1) is 13.0 Å². The maximum atomic E-state index is 13.4. The Kier molecular flexibility index (Phi) is 2.08. The number of carbonyl (C=O) groups is 1. The lowest BCUT2D eigenvalue weighted by Crippen LogP contribution is -2.38. The van der Waals surface area contributed by atoms with Crippen molar-refractivity contribution in [3.63, 3.8) is 0 Å². The van der Waals surface area contributed by atoms with E-state index in [4.69, 9.17) is 24.7 Å². The Morgan fingerprint density at radius 2 is 2.59 bits per heavy atom. The van der Waals surface area contributed by atoms with E-state index in [2.05, 4.69) is 10.2 Å². The van der Waals surface area contributed by atoms with E-state index in [-0.39, 0.29) is 4.57 Å². The van der Waals surface area contributed by atoms with Crippen molar-refractivity contribution in [3.8, 4) is 5.75 Å². The molecule has 1 saturated heterocycles. The molecule has 1 amide bonds. The monoisotopic (exact) mass is 393 g/mol. The third-order valence-electron chi connectivity index (χ3n) is 3.50. The van der Waals surface area contributed by atoms with E-state index in [9.17, 15) is 14.7 Å². The van der Waals surface area contributed by atoms with Crippen LogP contribution in [0.25, 0.3) is 11.0 Å². The number of aromatic amines is 1. The number of nitrogens with one attached hydrogen (secondary N) is 2. The van der Waals surface area contributed by atoms with Crippen LogP contribution in [0.4, 0.5) is 0 Å². The van der Waals surface area contributed by atoms with Crippen molar-refractivity contribution in [2.45, 2.75) is 45.9 Å². The lowest BCUT2D eigenvalue weighted by atomic mass is 10.0. The minimum atomic E-state index is -3.91. The summed E-state index contributed by atoms with van der Waals surface area (Å²) in [6.45, 7) is -16.9. The Morgan fingerprint density at radius 1 is 1.78 bits per heavy atom. The van der Waals surface area contributed by atoms with Crippen molar-refractivity contribution in [2.75, 3.05) is 26.0 Å². The van der Waals surface area contributed by atoms with E-state index in [1.165, 1.54) is 0 Å². The molecule has 8 heteroatoms. The summed E-state index contributed by atoms with van der Waals surface area (Å²) in [5.41, 5.74) is -3.65. The van der Waals surface area contributed by atoms with Crippen LogP contribution in [0.1, 0.15) is 79.5 Å². The number of likely N-dealkylation sites (tertiary alicyclic amines) is 1. The van der Waals surface area contributed by atoms with Crippen LogP contribution in [-0.2, 0) is 0 Å². The summed E-state index contributed by atoms with van der Waals surface area (Å²) in [6.07, 6.45) is -8.40. The van der Waals surface area contributed by atoms with Gasteiger partial charge >= 0.3 is 0 Å². The van der Waals surface area contributed by atoms with E-state index in [1.54, 1.807) is 0 Å². The Labute approximate surface area is 183 Å². The van der Waals surface area contributed by atoms with Crippen LogP contribution < -0.4 is 10.9 Å². The molecule has 0 radical (unpaired) electrons. The number of rotatable bonds is 6. The smallest absolute Gasteiger partial charge is 0.269 e. The molecule has 2 aromatic rings. The Bertz CT molecular complexity index is 1550. The van der Waals surface area contributed by atoms with E-state index in [1.807, 2.05) is 0 Å². The van der Waals surface area contributed by atoms with Gasteiger partial charge in [-0.15, -0.1) is 0 Å². The van der Waals surface area contributed by atoms with E-state index in [0.29, 0.717) is 6.92 Å². The van der Waals surface area contributed by atoms with Crippen LogP contribution >= 0.6 is 0 Å². The molecule has 3 rings (SSSR count). The first-order valence-electron chi connectivity index (χ1n) is 16.6. The fourth-order valence-corrected chi connectivity index (χ4v) is 2.35. The van der Waals surface area contributed by atoms with Gasteiger partial charge in [0.2, 0.25) is 0 Å². The van der Waals surface area contributed by atoms with Crippen LogP contribution in [0.15, 0.2) is 11.0 Å². The summed E-state index contributed by atoms with van der Waals surface area (Å²) in [6, 6.07) is -2.83. The predicted molar refractivity (Wildman–Crippen MR) is 104 cm³/mol. The van der Waals surface area contributed by atoms with E-state index < -0.39 is 108 Å². The molecule has 0 bridgehead atoms. The summed E-state index contributed by atoms with van der Waals surface area (Å²) in [7, 11) is 0. The average molecular weight is 394 g/mol. The van der Waals surface area contributed by atoms with Crippen LogP contribution in [0.5, 0.6) is 5.75 Å². The highest BCUT2D eigenvalue weighted by Gasteiger charge is 2.24. The van der Waals surface area contributed by atoms with Gasteiger partial charge in [0.1, 0.15) is 17.0 Å². The molecule has 2 unspecified atom stereocenters. The van der Waals surface area contributed by atoms with Crippen LogP contribution in [-0.4, -0.2) is 56.7 Å². The van der Waals surface area contributed by atoms with Crippen molar-refractivity contribution in [1.82, 2.24) is 25.0 Å². The second-order valence-corrected chi connectivity index (χ2v) is 5.43. The molecule has 8 nitrogen and oxygen atoms in total. The highest BCUT2D eigenvalue weighted by molar-refractivity contribution is 6.01. The van der Waals surface area contributed by atoms with Gasteiger partial charge in [-0.3, -0.25) is 19.3 Å². The summed E-state index contributed by atoms with van der Waals surface area (Å²) >= 11 is 0. The lowest BCUT2D eigenvalue weighted by Gasteiger charge is -2.30. The normalized spacial score (nSPS) is 42.0. The SMILES string of the molecule is [2H]N(C(=O)c1c(O)c2cn[nH]c2n(C([2H])(C)C([2H])([2H])[2H])c1=O)C([2H])([2H])CC([2H])([2H])N1C([2H])([2H])C([2H])([2H])C([2H])([2H])C([2H])(C)C1([2H])[2H]. The maximum Gasteiger partial charge on any atom is 0.269 e. The molecule has 1 aliphatic rings. The second kappa shape index (κ2) is 8.12. The minimum Gasteiger partial charge on any atom is -0.506 e. The molecule has 0 spiro atoms. The zero-order valence-corrected chi connectivity index (χ0v) is 14.3. The number of pyridine rings is 1. The number of nitrogens with zero attached hydrogens (tertiary/aromatic N) is 3. The van der Waals surface area contributed by atoms with E-state index in [0.717, 1.165) is 13.1 Å². The molecule has 148 valence electrons. The summed E-state index contributed by atoms with van der Waals surface area (Å²) < 4.78 is 147. The Morgan fingerprint density at radius 3 is 3.37 bits per heavy atom. The van der Waals surface area contributed by atoms with Gasteiger partial charge in [0.15, 0.2) is 1.41 Å². The van der Waals surface area contributed by atoms with Crippen molar-refractivity contribution in [2.24, 2.45) is 5.89 Å². The standard InChI is InChI=1S/C19H29N5O3/c1-12(2)24-17-14(10-21-22-17)16(25)15(19(24)27)18(26)20-7-5-9-23-8-4-6-13(3)11-23/h10,12-13,25H,4-9,11H2,1-3H3,(H,20,26)(H,21,22)/i1D3,4D2,6D2,7D2,8D2,9D2,11D2,12D,13D/hD. The summed E-state index contributed by atoms with van der Waals surface area (Å²) in [5.74, 6) is -6.45. The number of fused-ring (bicyclic) bond motifs is 1. The zero-order valence-electron chi connectivity index (χ0n) is 32.3. The topological polar surface area (TPSA) is 103 Å². The Balaban J connectivity index is 2.17. The van der Waals surface area contributed by atoms with Crippen molar-refractivity contribution >= 4 is 16.9 Å². The quantitative estimate of drug-likeness (QED) is 0.695. The molecule has 1 aliphatic heterocycles. The fourth-order valence-electron chi connectivity index (χ4n) is 2.35. The molecule has 2 atom stereocenters. The number of H-pyrrole nitrogens is 1. The van der Waals surface area contributed by atoms with Gasteiger partial charge in [-0.05, 0) is 51.8 Å². The highest BCUT2D eigenvalue weighted by atomic mass is 16.3. The molecule has 3 heterocycles. The molecule has 1 fully saturated rings. The molecule has 0 aromatic carbocycles. The van der Waals surface area contributed by atoms with Crippen molar-refractivity contribution in [1.29, 1.82) is 0 Å². The maximum absolute atomic E-state index is 13.4. The van der Waals surface area contributed by atoms with Gasteiger partial charge in [-0.25, -0.2) is 0 Å². The van der Waals surface area contributed by atoms with Crippen molar-refractivity contribution in [3.05, 3.63) is 22.1 Å². The molecule has 0 saturated carbocycles. The molecule has 3 N–H and O–H groups in total. The first-order chi connectivity index (χ1) is 19.7.